The van der Waals surface area contributed by atoms with E-state index in [0.29, 0.717) is 10.8 Å². The molecule has 166 valence electrons. The Balaban J connectivity index is 1.64. The molecule has 8 nitrogen and oxygen atoms in total. The number of sulfonamides is 1. The van der Waals surface area contributed by atoms with Crippen LogP contribution in [0.4, 0.5) is 0 Å². The average Bonchev–Trinajstić information content (AvgIpc) is 2.92. The summed E-state index contributed by atoms with van der Waals surface area (Å²) in [5.74, 6) is -0.930. The smallest absolute Gasteiger partial charge is 0.269 e. The molecule has 1 aliphatic rings. The molecule has 1 aliphatic heterocycles. The van der Waals surface area contributed by atoms with Gasteiger partial charge in [-0.15, -0.1) is 0 Å². The van der Waals surface area contributed by atoms with Gasteiger partial charge in [0.2, 0.25) is 0 Å². The molecule has 2 aromatic rings. The van der Waals surface area contributed by atoms with Crippen LogP contribution in [-0.2, 0) is 10.0 Å². The first-order valence-electron chi connectivity index (χ1n) is 9.30. The van der Waals surface area contributed by atoms with Crippen molar-refractivity contribution in [1.29, 1.82) is 0 Å². The largest absolute Gasteiger partial charge is 0.489 e. The maximum absolute atomic E-state index is 12.6. The second kappa shape index (κ2) is 9.04. The number of carbonyl (C=O) groups excluding carboxylic acids is 2. The van der Waals surface area contributed by atoms with E-state index in [9.17, 15) is 23.1 Å². The lowest BCUT2D eigenvalue weighted by Crippen LogP contribution is -2.36. The number of ether oxygens (including phenoxy) is 1. The minimum atomic E-state index is -4.02. The number of hydrogen-bond donors (Lipinski definition) is 2. The Morgan fingerprint density at radius 3 is 2.61 bits per heavy atom. The third-order valence-electron chi connectivity index (χ3n) is 4.53. The highest BCUT2D eigenvalue weighted by molar-refractivity contribution is 7.90. The zero-order chi connectivity index (χ0) is 22.9. The molecule has 2 aromatic carbocycles. The van der Waals surface area contributed by atoms with E-state index in [2.05, 4.69) is 5.32 Å². The van der Waals surface area contributed by atoms with Gasteiger partial charge in [-0.3, -0.25) is 9.59 Å². The van der Waals surface area contributed by atoms with Gasteiger partial charge in [0.1, 0.15) is 28.4 Å². The molecule has 2 amide bonds. The standard InChI is InChI=1S/C20H20Cl2N2O6S/c1-11(2)24-20(27)14-7-6-12(8-17(14)31(24,28)29)19(26)23-9-13(25)10-30-16-5-3-4-15(21)18(16)22/h3-8,11,13,25H,9-10H2,1-2H3,(H,23,26). The van der Waals surface area contributed by atoms with E-state index in [-0.39, 0.29) is 34.2 Å². The highest BCUT2D eigenvalue weighted by Crippen LogP contribution is 2.33. The number of nitrogens with zero attached hydrogens (tertiary/aromatic N) is 1. The van der Waals surface area contributed by atoms with Crippen LogP contribution >= 0.6 is 23.2 Å². The predicted octanol–water partition coefficient (Wildman–Crippen LogP) is 2.72. The zero-order valence-electron chi connectivity index (χ0n) is 16.6. The summed E-state index contributed by atoms with van der Waals surface area (Å²) >= 11 is 11.9. The number of benzene rings is 2. The lowest BCUT2D eigenvalue weighted by Gasteiger charge is -2.18. The van der Waals surface area contributed by atoms with Crippen molar-refractivity contribution in [1.82, 2.24) is 9.62 Å². The van der Waals surface area contributed by atoms with Gasteiger partial charge < -0.3 is 15.2 Å². The topological polar surface area (TPSA) is 113 Å². The monoisotopic (exact) mass is 486 g/mol. The molecule has 2 N–H and O–H groups in total. The fourth-order valence-corrected chi connectivity index (χ4v) is 5.19. The molecule has 0 saturated carbocycles. The molecule has 0 fully saturated rings. The second-order valence-electron chi connectivity index (χ2n) is 7.14. The molecular formula is C20H20Cl2N2O6S. The number of carbonyl (C=O) groups is 2. The third kappa shape index (κ3) is 4.64. The Morgan fingerprint density at radius 1 is 1.23 bits per heavy atom. The Morgan fingerprint density at radius 2 is 1.94 bits per heavy atom. The lowest BCUT2D eigenvalue weighted by molar-refractivity contribution is 0.0836. The molecule has 0 bridgehead atoms. The van der Waals surface area contributed by atoms with E-state index >= 15 is 0 Å². The summed E-state index contributed by atoms with van der Waals surface area (Å²) in [6.45, 7) is 2.87. The summed E-state index contributed by atoms with van der Waals surface area (Å²) in [5, 5.41) is 13.1. The van der Waals surface area contributed by atoms with E-state index in [1.807, 2.05) is 0 Å². The van der Waals surface area contributed by atoms with Gasteiger partial charge in [-0.05, 0) is 44.2 Å². The molecule has 0 saturated heterocycles. The molecular weight excluding hydrogens is 467 g/mol. The number of nitrogens with one attached hydrogen (secondary N) is 1. The first kappa shape index (κ1) is 23.3. The van der Waals surface area contributed by atoms with Gasteiger partial charge in [-0.25, -0.2) is 12.7 Å². The molecule has 1 heterocycles. The summed E-state index contributed by atoms with van der Waals surface area (Å²) in [7, 11) is -4.02. The average molecular weight is 487 g/mol. The van der Waals surface area contributed by atoms with Crippen LogP contribution in [0.3, 0.4) is 0 Å². The first-order chi connectivity index (χ1) is 14.5. The van der Waals surface area contributed by atoms with Gasteiger partial charge in [0.05, 0.1) is 10.6 Å². The summed E-state index contributed by atoms with van der Waals surface area (Å²) < 4.78 is 31.5. The van der Waals surface area contributed by atoms with Crippen molar-refractivity contribution in [2.75, 3.05) is 13.2 Å². The van der Waals surface area contributed by atoms with Gasteiger partial charge >= 0.3 is 0 Å². The zero-order valence-corrected chi connectivity index (χ0v) is 19.0. The van der Waals surface area contributed by atoms with Crippen LogP contribution in [0.15, 0.2) is 41.3 Å². The first-order valence-corrected chi connectivity index (χ1v) is 11.5. The lowest BCUT2D eigenvalue weighted by atomic mass is 10.1. The second-order valence-corrected chi connectivity index (χ2v) is 9.71. The van der Waals surface area contributed by atoms with E-state index in [4.69, 9.17) is 27.9 Å². The maximum atomic E-state index is 12.6. The van der Waals surface area contributed by atoms with Crippen molar-refractivity contribution in [2.24, 2.45) is 0 Å². The third-order valence-corrected chi connectivity index (χ3v) is 7.33. The van der Waals surface area contributed by atoms with Crippen molar-refractivity contribution in [3.05, 3.63) is 57.6 Å². The van der Waals surface area contributed by atoms with Crippen molar-refractivity contribution < 1.29 is 27.9 Å². The highest BCUT2D eigenvalue weighted by atomic mass is 35.5. The molecule has 1 unspecified atom stereocenters. The number of aliphatic hydroxyl groups is 1. The van der Waals surface area contributed by atoms with Gasteiger partial charge in [0, 0.05) is 18.2 Å². The number of rotatable bonds is 7. The quantitative estimate of drug-likeness (QED) is 0.621. The minimum absolute atomic E-state index is 0.0251. The van der Waals surface area contributed by atoms with Crippen LogP contribution in [0.25, 0.3) is 0 Å². The fraction of sp³-hybridized carbons (Fsp3) is 0.300. The van der Waals surface area contributed by atoms with E-state index in [1.54, 1.807) is 32.0 Å². The summed E-state index contributed by atoms with van der Waals surface area (Å²) in [6.07, 6.45) is -1.06. The minimum Gasteiger partial charge on any atom is -0.489 e. The van der Waals surface area contributed by atoms with Crippen molar-refractivity contribution >= 4 is 45.0 Å². The number of amides is 2. The molecule has 0 radical (unpaired) electrons. The molecule has 11 heteroatoms. The van der Waals surface area contributed by atoms with E-state index in [1.165, 1.54) is 12.1 Å². The SMILES string of the molecule is CC(C)N1C(=O)c2ccc(C(=O)NCC(O)COc3cccc(Cl)c3Cl)cc2S1(=O)=O. The van der Waals surface area contributed by atoms with Crippen LogP contribution < -0.4 is 10.1 Å². The van der Waals surface area contributed by atoms with Crippen LogP contribution in [0.5, 0.6) is 5.75 Å². The van der Waals surface area contributed by atoms with Crippen molar-refractivity contribution in [3.8, 4) is 5.75 Å². The summed E-state index contributed by atoms with van der Waals surface area (Å²) in [4.78, 5) is 24.6. The molecule has 3 rings (SSSR count). The van der Waals surface area contributed by atoms with E-state index < -0.39 is 34.0 Å². The van der Waals surface area contributed by atoms with Crippen LogP contribution in [0.1, 0.15) is 34.6 Å². The highest BCUT2D eigenvalue weighted by Gasteiger charge is 2.42. The molecule has 0 spiro atoms. The predicted molar refractivity (Wildman–Crippen MR) is 115 cm³/mol. The number of hydrogen-bond acceptors (Lipinski definition) is 6. The Kier molecular flexibility index (Phi) is 6.80. The summed E-state index contributed by atoms with van der Waals surface area (Å²) in [5.41, 5.74) is 0.0730. The normalized spacial score (nSPS) is 15.7. The molecule has 1 atom stereocenters. The Labute approximate surface area is 189 Å². The number of aliphatic hydroxyl groups excluding tert-OH is 1. The van der Waals surface area contributed by atoms with Crippen molar-refractivity contribution in [2.45, 2.75) is 30.9 Å². The molecule has 31 heavy (non-hydrogen) atoms. The van der Waals surface area contributed by atoms with Crippen LogP contribution in [-0.4, -0.2) is 54.9 Å². The number of halogens is 2. The van der Waals surface area contributed by atoms with Crippen LogP contribution in [0, 0.1) is 0 Å². The Bertz CT molecular complexity index is 1140. The van der Waals surface area contributed by atoms with Gasteiger partial charge in [-0.1, -0.05) is 29.3 Å². The van der Waals surface area contributed by atoms with Gasteiger partial charge in [-0.2, -0.15) is 0 Å². The maximum Gasteiger partial charge on any atom is 0.269 e. The molecule has 0 aromatic heterocycles. The van der Waals surface area contributed by atoms with Crippen LogP contribution in [0.2, 0.25) is 10.0 Å². The number of fused-ring (bicyclic) bond motifs is 1. The van der Waals surface area contributed by atoms with Crippen molar-refractivity contribution in [3.63, 3.8) is 0 Å². The Hall–Kier alpha value is -2.33. The van der Waals surface area contributed by atoms with E-state index in [0.717, 1.165) is 10.4 Å². The fourth-order valence-electron chi connectivity index (χ4n) is 3.05. The molecule has 0 aliphatic carbocycles. The van der Waals surface area contributed by atoms with Gasteiger partial charge in [0.25, 0.3) is 21.8 Å². The summed E-state index contributed by atoms with van der Waals surface area (Å²) in [6, 6.07) is 8.11. The van der Waals surface area contributed by atoms with Gasteiger partial charge in [0.15, 0.2) is 0 Å².